The van der Waals surface area contributed by atoms with E-state index in [9.17, 15) is 19.5 Å². The van der Waals surface area contributed by atoms with Crippen LogP contribution in [0.25, 0.3) is 6.08 Å². The molecule has 8 heteroatoms. The average Bonchev–Trinajstić information content (AvgIpc) is 3.16. The van der Waals surface area contributed by atoms with Gasteiger partial charge in [0.15, 0.2) is 0 Å². The molecule has 3 amide bonds. The zero-order chi connectivity index (χ0) is 17.3. The SMILES string of the molecule is O=C(CN1C(=O)S/C(=C\c2cc(I)ccc2O)C1=O)N1CCCC1. The lowest BCUT2D eigenvalue weighted by Gasteiger charge is -2.18. The third kappa shape index (κ3) is 3.59. The predicted octanol–water partition coefficient (Wildman–Crippen LogP) is 2.66. The number of nitrogens with zero attached hydrogens (tertiary/aromatic N) is 2. The molecule has 0 spiro atoms. The molecule has 1 aromatic rings. The number of likely N-dealkylation sites (tertiary alicyclic amines) is 1. The van der Waals surface area contributed by atoms with E-state index in [0.717, 1.165) is 33.1 Å². The molecule has 126 valence electrons. The molecule has 0 bridgehead atoms. The van der Waals surface area contributed by atoms with Gasteiger partial charge in [-0.1, -0.05) is 0 Å². The molecule has 0 saturated carbocycles. The fourth-order valence-electron chi connectivity index (χ4n) is 2.62. The molecule has 1 N–H and O–H groups in total. The minimum Gasteiger partial charge on any atom is -0.507 e. The first-order chi connectivity index (χ1) is 11.5. The van der Waals surface area contributed by atoms with Gasteiger partial charge in [-0.05, 0) is 71.5 Å². The maximum atomic E-state index is 12.4. The van der Waals surface area contributed by atoms with Crippen molar-refractivity contribution in [3.8, 4) is 5.75 Å². The van der Waals surface area contributed by atoms with Gasteiger partial charge < -0.3 is 10.0 Å². The Kier molecular flexibility index (Phi) is 5.14. The number of carbonyl (C=O) groups is 3. The monoisotopic (exact) mass is 458 g/mol. The number of phenolic OH excluding ortho intramolecular Hbond substituents is 1. The van der Waals surface area contributed by atoms with Gasteiger partial charge in [-0.25, -0.2) is 0 Å². The van der Waals surface area contributed by atoms with Gasteiger partial charge in [-0.15, -0.1) is 0 Å². The van der Waals surface area contributed by atoms with E-state index in [4.69, 9.17) is 0 Å². The van der Waals surface area contributed by atoms with Crippen LogP contribution in [-0.2, 0) is 9.59 Å². The van der Waals surface area contributed by atoms with Gasteiger partial charge in [0.05, 0.1) is 4.91 Å². The van der Waals surface area contributed by atoms with Gasteiger partial charge in [0.25, 0.3) is 11.1 Å². The molecule has 2 heterocycles. The largest absolute Gasteiger partial charge is 0.507 e. The van der Waals surface area contributed by atoms with E-state index in [-0.39, 0.29) is 23.1 Å². The van der Waals surface area contributed by atoms with Crippen molar-refractivity contribution in [1.82, 2.24) is 9.80 Å². The number of halogens is 1. The van der Waals surface area contributed by atoms with Gasteiger partial charge in [-0.3, -0.25) is 19.3 Å². The van der Waals surface area contributed by atoms with E-state index in [0.29, 0.717) is 18.7 Å². The number of hydrogen-bond donors (Lipinski definition) is 1. The van der Waals surface area contributed by atoms with Crippen molar-refractivity contribution in [3.05, 3.63) is 32.2 Å². The lowest BCUT2D eigenvalue weighted by Crippen LogP contribution is -2.40. The molecular weight excluding hydrogens is 443 g/mol. The van der Waals surface area contributed by atoms with E-state index in [1.807, 2.05) is 0 Å². The van der Waals surface area contributed by atoms with Gasteiger partial charge in [-0.2, -0.15) is 0 Å². The van der Waals surface area contributed by atoms with Crippen LogP contribution in [0.2, 0.25) is 0 Å². The standard InChI is InChI=1S/C16H15IN2O4S/c17-11-3-4-12(20)10(7-11)8-13-15(22)19(16(23)24-13)9-14(21)18-5-1-2-6-18/h3-4,7-8,20H,1-2,5-6,9H2/b13-8-. The predicted molar refractivity (Wildman–Crippen MR) is 99.3 cm³/mol. The Hall–Kier alpha value is -1.55. The van der Waals surface area contributed by atoms with Crippen molar-refractivity contribution in [2.45, 2.75) is 12.8 Å². The fraction of sp³-hybridized carbons (Fsp3) is 0.312. The summed E-state index contributed by atoms with van der Waals surface area (Å²) in [5, 5.41) is 9.42. The van der Waals surface area contributed by atoms with E-state index in [1.54, 1.807) is 17.0 Å². The number of phenols is 1. The Morgan fingerprint density at radius 2 is 2.00 bits per heavy atom. The van der Waals surface area contributed by atoms with Gasteiger partial charge >= 0.3 is 0 Å². The summed E-state index contributed by atoms with van der Waals surface area (Å²) in [6.45, 7) is 1.14. The number of aromatic hydroxyl groups is 1. The Bertz CT molecular complexity index is 744. The van der Waals surface area contributed by atoms with Gasteiger partial charge in [0.2, 0.25) is 5.91 Å². The van der Waals surface area contributed by atoms with Crippen LogP contribution < -0.4 is 0 Å². The molecule has 0 radical (unpaired) electrons. The first-order valence-corrected chi connectivity index (χ1v) is 9.37. The molecule has 2 aliphatic rings. The Balaban J connectivity index is 1.77. The van der Waals surface area contributed by atoms with Crippen LogP contribution in [0.5, 0.6) is 5.75 Å². The molecule has 0 unspecified atom stereocenters. The lowest BCUT2D eigenvalue weighted by molar-refractivity contribution is -0.135. The van der Waals surface area contributed by atoms with Crippen LogP contribution in [0, 0.1) is 3.57 Å². The molecule has 6 nitrogen and oxygen atoms in total. The van der Waals surface area contributed by atoms with Gasteiger partial charge in [0, 0.05) is 22.2 Å². The summed E-state index contributed by atoms with van der Waals surface area (Å²) >= 11 is 2.89. The molecular formula is C16H15IN2O4S. The summed E-state index contributed by atoms with van der Waals surface area (Å²) < 4.78 is 0.903. The van der Waals surface area contributed by atoms with Crippen LogP contribution in [0.1, 0.15) is 18.4 Å². The second-order valence-corrected chi connectivity index (χ2v) is 7.80. The summed E-state index contributed by atoms with van der Waals surface area (Å²) in [6, 6.07) is 5.00. The van der Waals surface area contributed by atoms with Crippen molar-refractivity contribution >= 4 is 57.5 Å². The topological polar surface area (TPSA) is 77.9 Å². The smallest absolute Gasteiger partial charge is 0.294 e. The quantitative estimate of drug-likeness (QED) is 0.557. The molecule has 0 aromatic heterocycles. The zero-order valence-corrected chi connectivity index (χ0v) is 15.7. The molecule has 3 rings (SSSR count). The Morgan fingerprint density at radius 1 is 1.29 bits per heavy atom. The first kappa shape index (κ1) is 17.3. The van der Waals surface area contributed by atoms with Gasteiger partial charge in [0.1, 0.15) is 12.3 Å². The molecule has 2 saturated heterocycles. The molecule has 2 fully saturated rings. The Morgan fingerprint density at radius 3 is 2.71 bits per heavy atom. The summed E-state index contributed by atoms with van der Waals surface area (Å²) in [4.78, 5) is 39.5. The van der Waals surface area contributed by atoms with Crippen molar-refractivity contribution in [3.63, 3.8) is 0 Å². The van der Waals surface area contributed by atoms with Crippen LogP contribution >= 0.6 is 34.4 Å². The number of imide groups is 1. The molecule has 1 aromatic carbocycles. The molecule has 0 atom stereocenters. The van der Waals surface area contributed by atoms with E-state index < -0.39 is 11.1 Å². The van der Waals surface area contributed by atoms with E-state index in [2.05, 4.69) is 22.6 Å². The second-order valence-electron chi connectivity index (χ2n) is 5.56. The second kappa shape index (κ2) is 7.14. The Labute approximate surface area is 157 Å². The number of rotatable bonds is 3. The summed E-state index contributed by atoms with van der Waals surface area (Å²) in [5.41, 5.74) is 0.471. The minimum absolute atomic E-state index is 0.0374. The summed E-state index contributed by atoms with van der Waals surface area (Å²) in [5.74, 6) is -0.653. The highest BCUT2D eigenvalue weighted by Gasteiger charge is 2.37. The lowest BCUT2D eigenvalue weighted by atomic mass is 10.2. The number of thioether (sulfide) groups is 1. The minimum atomic E-state index is -0.490. The van der Waals surface area contributed by atoms with Crippen molar-refractivity contribution in [2.75, 3.05) is 19.6 Å². The molecule has 24 heavy (non-hydrogen) atoms. The van der Waals surface area contributed by atoms with E-state index >= 15 is 0 Å². The summed E-state index contributed by atoms with van der Waals surface area (Å²) in [6.07, 6.45) is 3.40. The third-order valence-electron chi connectivity index (χ3n) is 3.90. The van der Waals surface area contributed by atoms with Crippen LogP contribution in [0.3, 0.4) is 0 Å². The van der Waals surface area contributed by atoms with Crippen molar-refractivity contribution < 1.29 is 19.5 Å². The maximum absolute atomic E-state index is 12.4. The maximum Gasteiger partial charge on any atom is 0.294 e. The normalized spacial score (nSPS) is 19.6. The number of amides is 3. The van der Waals surface area contributed by atoms with Crippen LogP contribution in [0.15, 0.2) is 23.1 Å². The highest BCUT2D eigenvalue weighted by Crippen LogP contribution is 2.34. The first-order valence-electron chi connectivity index (χ1n) is 7.47. The highest BCUT2D eigenvalue weighted by molar-refractivity contribution is 14.1. The number of benzene rings is 1. The van der Waals surface area contributed by atoms with Crippen molar-refractivity contribution in [1.29, 1.82) is 0 Å². The number of hydrogen-bond acceptors (Lipinski definition) is 5. The van der Waals surface area contributed by atoms with Crippen LogP contribution in [-0.4, -0.2) is 51.6 Å². The van der Waals surface area contributed by atoms with Crippen molar-refractivity contribution in [2.24, 2.45) is 0 Å². The van der Waals surface area contributed by atoms with Crippen LogP contribution in [0.4, 0.5) is 4.79 Å². The molecule has 0 aliphatic carbocycles. The zero-order valence-electron chi connectivity index (χ0n) is 12.7. The summed E-state index contributed by atoms with van der Waals surface area (Å²) in [7, 11) is 0. The number of carbonyl (C=O) groups excluding carboxylic acids is 3. The van der Waals surface area contributed by atoms with E-state index in [1.165, 1.54) is 12.1 Å². The fourth-order valence-corrected chi connectivity index (χ4v) is 3.96. The third-order valence-corrected chi connectivity index (χ3v) is 5.48. The molecule has 2 aliphatic heterocycles. The highest BCUT2D eigenvalue weighted by atomic mass is 127. The average molecular weight is 458 g/mol.